The maximum atomic E-state index is 13.1. The number of amides is 1. The molecule has 1 fully saturated rings. The van der Waals surface area contributed by atoms with E-state index in [9.17, 15) is 17.6 Å². The van der Waals surface area contributed by atoms with E-state index in [0.29, 0.717) is 12.8 Å². The topological polar surface area (TPSA) is 72.5 Å². The zero-order valence-electron chi connectivity index (χ0n) is 11.8. The first kappa shape index (κ1) is 15.8. The smallest absolute Gasteiger partial charge is 0.421 e. The van der Waals surface area contributed by atoms with Crippen LogP contribution in [0, 0.1) is 5.82 Å². The molecule has 5 nitrogen and oxygen atoms in total. The molecule has 0 radical (unpaired) electrons. The lowest BCUT2D eigenvalue weighted by atomic mass is 9.86. The number of halogens is 1. The molecular formula is C14H18FNO4S. The normalized spacial score (nSPS) is 18.0. The van der Waals surface area contributed by atoms with Crippen molar-refractivity contribution in [2.75, 3.05) is 0 Å². The summed E-state index contributed by atoms with van der Waals surface area (Å²) >= 11 is 0. The highest BCUT2D eigenvalue weighted by molar-refractivity contribution is 7.90. The lowest BCUT2D eigenvalue weighted by Gasteiger charge is -2.32. The highest BCUT2D eigenvalue weighted by atomic mass is 32.2. The SMILES string of the molecule is CC1(OC(=O)NS(=O)(=O)c2cccc(F)c2)CCCCC1. The van der Waals surface area contributed by atoms with E-state index in [2.05, 4.69) is 0 Å². The van der Waals surface area contributed by atoms with Gasteiger partial charge >= 0.3 is 6.09 Å². The molecule has 1 aromatic carbocycles. The van der Waals surface area contributed by atoms with Crippen LogP contribution in [-0.2, 0) is 14.8 Å². The number of benzene rings is 1. The van der Waals surface area contributed by atoms with Crippen molar-refractivity contribution in [3.05, 3.63) is 30.1 Å². The largest absolute Gasteiger partial charge is 0.443 e. The average Bonchev–Trinajstić information content (AvgIpc) is 2.38. The number of hydrogen-bond acceptors (Lipinski definition) is 4. The van der Waals surface area contributed by atoms with Gasteiger partial charge in [-0.15, -0.1) is 0 Å². The predicted octanol–water partition coefficient (Wildman–Crippen LogP) is 2.96. The summed E-state index contributed by atoms with van der Waals surface area (Å²) < 4.78 is 44.0. The molecular weight excluding hydrogens is 297 g/mol. The van der Waals surface area contributed by atoms with Crippen LogP contribution in [0.5, 0.6) is 0 Å². The first-order valence-corrected chi connectivity index (χ1v) is 8.30. The molecule has 1 aromatic rings. The Morgan fingerprint density at radius 3 is 2.57 bits per heavy atom. The standard InChI is InChI=1S/C14H18FNO4S/c1-14(8-3-2-4-9-14)20-13(17)16-21(18,19)12-7-5-6-11(15)10-12/h5-7,10H,2-4,8-9H2,1H3,(H,16,17). The summed E-state index contributed by atoms with van der Waals surface area (Å²) in [7, 11) is -4.12. The third-order valence-corrected chi connectivity index (χ3v) is 4.88. The summed E-state index contributed by atoms with van der Waals surface area (Å²) in [4.78, 5) is 11.5. The quantitative estimate of drug-likeness (QED) is 0.930. The lowest BCUT2D eigenvalue weighted by Crippen LogP contribution is -2.40. The molecule has 116 valence electrons. The van der Waals surface area contributed by atoms with Gasteiger partial charge in [-0.2, -0.15) is 0 Å². The average molecular weight is 315 g/mol. The van der Waals surface area contributed by atoms with Gasteiger partial charge in [-0.05, 0) is 50.8 Å². The summed E-state index contributed by atoms with van der Waals surface area (Å²) in [6.45, 7) is 1.79. The highest BCUT2D eigenvalue weighted by Gasteiger charge is 2.32. The Kier molecular flexibility index (Phi) is 4.51. The van der Waals surface area contributed by atoms with Crippen molar-refractivity contribution < 1.29 is 22.3 Å². The summed E-state index contributed by atoms with van der Waals surface area (Å²) in [6.07, 6.45) is 3.37. The van der Waals surface area contributed by atoms with Gasteiger partial charge in [-0.1, -0.05) is 12.5 Å². The van der Waals surface area contributed by atoms with Gasteiger partial charge in [0.1, 0.15) is 11.4 Å². The molecule has 0 spiro atoms. The minimum atomic E-state index is -4.12. The van der Waals surface area contributed by atoms with Crippen molar-refractivity contribution in [2.45, 2.75) is 49.5 Å². The molecule has 1 saturated carbocycles. The summed E-state index contributed by atoms with van der Waals surface area (Å²) in [5.74, 6) is -0.689. The van der Waals surface area contributed by atoms with Crippen molar-refractivity contribution in [1.82, 2.24) is 4.72 Å². The molecule has 0 bridgehead atoms. The van der Waals surface area contributed by atoms with Crippen LogP contribution in [0.25, 0.3) is 0 Å². The molecule has 0 heterocycles. The van der Waals surface area contributed by atoms with Crippen molar-refractivity contribution in [2.24, 2.45) is 0 Å². The van der Waals surface area contributed by atoms with E-state index in [4.69, 9.17) is 4.74 Å². The number of ether oxygens (including phenoxy) is 1. The molecule has 1 N–H and O–H groups in total. The maximum absolute atomic E-state index is 13.1. The Morgan fingerprint density at radius 2 is 1.95 bits per heavy atom. The molecule has 21 heavy (non-hydrogen) atoms. The first-order valence-electron chi connectivity index (χ1n) is 6.82. The van der Waals surface area contributed by atoms with Crippen LogP contribution in [0.3, 0.4) is 0 Å². The zero-order valence-corrected chi connectivity index (χ0v) is 12.6. The maximum Gasteiger partial charge on any atom is 0.421 e. The molecule has 7 heteroatoms. The Bertz CT molecular complexity index is 624. The Morgan fingerprint density at radius 1 is 1.29 bits per heavy atom. The van der Waals surface area contributed by atoms with Crippen LogP contribution in [0.15, 0.2) is 29.2 Å². The Hall–Kier alpha value is -1.63. The molecule has 0 atom stereocenters. The van der Waals surface area contributed by atoms with E-state index in [1.807, 2.05) is 4.72 Å². The molecule has 1 aliphatic rings. The van der Waals surface area contributed by atoms with Crippen LogP contribution in [0.1, 0.15) is 39.0 Å². The number of carbonyl (C=O) groups excluding carboxylic acids is 1. The fraction of sp³-hybridized carbons (Fsp3) is 0.500. The van der Waals surface area contributed by atoms with Gasteiger partial charge in [-0.25, -0.2) is 22.3 Å². The second kappa shape index (κ2) is 6.01. The van der Waals surface area contributed by atoms with Gasteiger partial charge in [0.15, 0.2) is 0 Å². The molecule has 2 rings (SSSR count). The zero-order chi connectivity index (χ0) is 15.5. The van der Waals surface area contributed by atoms with Crippen molar-refractivity contribution >= 4 is 16.1 Å². The minimum Gasteiger partial charge on any atom is -0.443 e. The first-order chi connectivity index (χ1) is 9.81. The van der Waals surface area contributed by atoms with Gasteiger partial charge in [0.25, 0.3) is 10.0 Å². The monoisotopic (exact) mass is 315 g/mol. The van der Waals surface area contributed by atoms with E-state index < -0.39 is 27.5 Å². The van der Waals surface area contributed by atoms with Crippen molar-refractivity contribution in [3.8, 4) is 0 Å². The fourth-order valence-corrected chi connectivity index (χ4v) is 3.35. The molecule has 1 aliphatic carbocycles. The Labute approximate surface area is 123 Å². The van der Waals surface area contributed by atoms with Gasteiger partial charge in [-0.3, -0.25) is 0 Å². The number of sulfonamides is 1. The molecule has 0 aromatic heterocycles. The lowest BCUT2D eigenvalue weighted by molar-refractivity contribution is 0.000940. The third kappa shape index (κ3) is 4.17. The second-order valence-electron chi connectivity index (χ2n) is 5.46. The predicted molar refractivity (Wildman–Crippen MR) is 74.7 cm³/mol. The third-order valence-electron chi connectivity index (χ3n) is 3.57. The number of carbonyl (C=O) groups is 1. The van der Waals surface area contributed by atoms with Crippen LogP contribution in [0.2, 0.25) is 0 Å². The van der Waals surface area contributed by atoms with Crippen LogP contribution >= 0.6 is 0 Å². The van der Waals surface area contributed by atoms with Crippen molar-refractivity contribution in [1.29, 1.82) is 0 Å². The molecule has 0 aliphatic heterocycles. The fourth-order valence-electron chi connectivity index (χ4n) is 2.45. The second-order valence-corrected chi connectivity index (χ2v) is 7.15. The van der Waals surface area contributed by atoms with E-state index in [1.54, 1.807) is 6.92 Å². The van der Waals surface area contributed by atoms with E-state index >= 15 is 0 Å². The van der Waals surface area contributed by atoms with Crippen molar-refractivity contribution in [3.63, 3.8) is 0 Å². The highest BCUT2D eigenvalue weighted by Crippen LogP contribution is 2.31. The summed E-state index contributed by atoms with van der Waals surface area (Å²) in [5, 5.41) is 0. The number of rotatable bonds is 3. The van der Waals surface area contributed by atoms with Gasteiger partial charge in [0, 0.05) is 0 Å². The van der Waals surface area contributed by atoms with Gasteiger partial charge in [0.05, 0.1) is 4.90 Å². The van der Waals surface area contributed by atoms with Crippen LogP contribution in [0.4, 0.5) is 9.18 Å². The number of hydrogen-bond donors (Lipinski definition) is 1. The van der Waals surface area contributed by atoms with E-state index in [0.717, 1.165) is 31.4 Å². The molecule has 0 saturated heterocycles. The van der Waals surface area contributed by atoms with Crippen LogP contribution < -0.4 is 4.72 Å². The van der Waals surface area contributed by atoms with E-state index in [1.165, 1.54) is 12.1 Å². The summed E-state index contributed by atoms with van der Waals surface area (Å²) in [6, 6.07) is 4.44. The van der Waals surface area contributed by atoms with E-state index in [-0.39, 0.29) is 4.90 Å². The minimum absolute atomic E-state index is 0.312. The van der Waals surface area contributed by atoms with Crippen LogP contribution in [-0.4, -0.2) is 20.1 Å². The Balaban J connectivity index is 2.04. The van der Waals surface area contributed by atoms with Gasteiger partial charge < -0.3 is 4.74 Å². The molecule has 0 unspecified atom stereocenters. The number of nitrogens with one attached hydrogen (secondary N) is 1. The molecule has 1 amide bonds. The van der Waals surface area contributed by atoms with Gasteiger partial charge in [0.2, 0.25) is 0 Å². The summed E-state index contributed by atoms with van der Waals surface area (Å²) in [5.41, 5.74) is -0.639.